The quantitative estimate of drug-likeness (QED) is 0.862. The third-order valence-electron chi connectivity index (χ3n) is 4.39. The molecule has 6 nitrogen and oxygen atoms in total. The summed E-state index contributed by atoms with van der Waals surface area (Å²) in [6, 6.07) is 7.03. The molecule has 3 rings (SSSR count). The van der Waals surface area contributed by atoms with Gasteiger partial charge in [-0.15, -0.1) is 0 Å². The molecule has 9 heteroatoms. The molecule has 1 aliphatic rings. The van der Waals surface area contributed by atoms with Gasteiger partial charge >= 0.3 is 6.09 Å². The highest BCUT2D eigenvalue weighted by Gasteiger charge is 2.46. The van der Waals surface area contributed by atoms with Crippen molar-refractivity contribution in [2.45, 2.75) is 19.0 Å². The number of amides is 1. The maximum Gasteiger partial charge on any atom is 0.410 e. The van der Waals surface area contributed by atoms with Crippen molar-refractivity contribution in [3.63, 3.8) is 0 Å². The van der Waals surface area contributed by atoms with Crippen molar-refractivity contribution in [2.75, 3.05) is 25.0 Å². The maximum atomic E-state index is 14.4. The van der Waals surface area contributed by atoms with Gasteiger partial charge < -0.3 is 15.0 Å². The van der Waals surface area contributed by atoms with Crippen molar-refractivity contribution < 1.29 is 22.7 Å². The second-order valence-electron chi connectivity index (χ2n) is 6.32. The fourth-order valence-electron chi connectivity index (χ4n) is 2.83. The van der Waals surface area contributed by atoms with E-state index in [2.05, 4.69) is 15.3 Å². The van der Waals surface area contributed by atoms with E-state index in [0.29, 0.717) is 11.4 Å². The third-order valence-corrected chi connectivity index (χ3v) is 4.39. The summed E-state index contributed by atoms with van der Waals surface area (Å²) >= 11 is 0. The van der Waals surface area contributed by atoms with Crippen LogP contribution in [0.4, 0.5) is 23.8 Å². The first-order valence-electron chi connectivity index (χ1n) is 8.48. The van der Waals surface area contributed by atoms with Crippen LogP contribution in [0.2, 0.25) is 0 Å². The largest absolute Gasteiger partial charge is 0.445 e. The summed E-state index contributed by atoms with van der Waals surface area (Å²) in [5.41, 5.74) is 0.584. The van der Waals surface area contributed by atoms with Gasteiger partial charge in [0.05, 0.1) is 6.54 Å². The van der Waals surface area contributed by atoms with Crippen LogP contribution >= 0.6 is 0 Å². The van der Waals surface area contributed by atoms with Crippen molar-refractivity contribution in [1.29, 1.82) is 0 Å². The van der Waals surface area contributed by atoms with Crippen LogP contribution in [-0.4, -0.2) is 46.5 Å². The molecule has 1 N–H and O–H groups in total. The van der Waals surface area contributed by atoms with Gasteiger partial charge in [-0.3, -0.25) is 0 Å². The third kappa shape index (κ3) is 5.08. The molecule has 1 aromatic carbocycles. The number of halogens is 3. The second kappa shape index (κ2) is 8.24. The number of benzene rings is 1. The van der Waals surface area contributed by atoms with Crippen LogP contribution in [0.5, 0.6) is 0 Å². The minimum Gasteiger partial charge on any atom is -0.445 e. The van der Waals surface area contributed by atoms with E-state index < -0.39 is 30.3 Å². The number of aromatic nitrogens is 2. The number of piperidine rings is 1. The van der Waals surface area contributed by atoms with Crippen molar-refractivity contribution >= 4 is 11.9 Å². The minimum atomic E-state index is -3.05. The van der Waals surface area contributed by atoms with Crippen molar-refractivity contribution in [3.8, 4) is 0 Å². The summed E-state index contributed by atoms with van der Waals surface area (Å²) < 4.78 is 46.8. The molecule has 0 bridgehead atoms. The predicted molar refractivity (Wildman–Crippen MR) is 91.7 cm³/mol. The van der Waals surface area contributed by atoms with E-state index in [1.54, 1.807) is 6.07 Å². The molecule has 1 aromatic heterocycles. The van der Waals surface area contributed by atoms with Gasteiger partial charge in [-0.05, 0) is 30.2 Å². The van der Waals surface area contributed by atoms with Gasteiger partial charge in [0.2, 0.25) is 0 Å². The number of carbonyl (C=O) groups excluding carboxylic acids is 1. The van der Waals surface area contributed by atoms with E-state index in [-0.39, 0.29) is 26.1 Å². The predicted octanol–water partition coefficient (Wildman–Crippen LogP) is 3.32. The van der Waals surface area contributed by atoms with E-state index in [0.717, 1.165) is 4.90 Å². The molecule has 2 heterocycles. The Bertz CT molecular complexity index is 759. The van der Waals surface area contributed by atoms with E-state index >= 15 is 0 Å². The number of anilines is 1. The number of hydrogen-bond acceptors (Lipinski definition) is 5. The molecular weight excluding hydrogens is 361 g/mol. The molecule has 1 saturated heterocycles. The lowest BCUT2D eigenvalue weighted by atomic mass is 9.93. The van der Waals surface area contributed by atoms with Crippen molar-refractivity contribution in [1.82, 2.24) is 14.9 Å². The first-order valence-corrected chi connectivity index (χ1v) is 8.48. The normalized spacial score (nSPS) is 18.8. The van der Waals surface area contributed by atoms with Gasteiger partial charge in [0.15, 0.2) is 0 Å². The Morgan fingerprint density at radius 3 is 2.74 bits per heavy atom. The van der Waals surface area contributed by atoms with Crippen LogP contribution in [0.1, 0.15) is 12.0 Å². The molecule has 27 heavy (non-hydrogen) atoms. The van der Waals surface area contributed by atoms with E-state index in [1.165, 1.54) is 36.8 Å². The fourth-order valence-corrected chi connectivity index (χ4v) is 2.83. The highest BCUT2D eigenvalue weighted by atomic mass is 19.3. The molecule has 0 unspecified atom stereocenters. The lowest BCUT2D eigenvalue weighted by molar-refractivity contribution is -0.101. The van der Waals surface area contributed by atoms with E-state index in [9.17, 15) is 18.0 Å². The number of likely N-dealkylation sites (tertiary alicyclic amines) is 1. The molecule has 1 fully saturated rings. The van der Waals surface area contributed by atoms with Crippen LogP contribution in [0, 0.1) is 11.7 Å². The Morgan fingerprint density at radius 1 is 1.30 bits per heavy atom. The van der Waals surface area contributed by atoms with Crippen molar-refractivity contribution in [2.24, 2.45) is 5.92 Å². The molecule has 0 saturated carbocycles. The van der Waals surface area contributed by atoms with E-state index in [1.807, 2.05) is 0 Å². The highest BCUT2D eigenvalue weighted by Crippen LogP contribution is 2.33. The Balaban J connectivity index is 1.49. The number of alkyl halides is 2. The number of rotatable bonds is 5. The summed E-state index contributed by atoms with van der Waals surface area (Å²) in [5.74, 6) is -3.90. The monoisotopic (exact) mass is 380 g/mol. The average molecular weight is 380 g/mol. The van der Waals surface area contributed by atoms with Gasteiger partial charge in [-0.1, -0.05) is 12.1 Å². The van der Waals surface area contributed by atoms with Crippen LogP contribution in [0.3, 0.4) is 0 Å². The topological polar surface area (TPSA) is 67.3 Å². The fraction of sp³-hybridized carbons (Fsp3) is 0.389. The minimum absolute atomic E-state index is 0.0441. The lowest BCUT2D eigenvalue weighted by Gasteiger charge is -2.37. The summed E-state index contributed by atoms with van der Waals surface area (Å²) in [6.45, 7) is -0.582. The van der Waals surface area contributed by atoms with E-state index in [4.69, 9.17) is 4.74 Å². The number of carbonyl (C=O) groups is 1. The zero-order valence-electron chi connectivity index (χ0n) is 14.4. The number of hydrogen-bond donors (Lipinski definition) is 1. The van der Waals surface area contributed by atoms with Crippen LogP contribution < -0.4 is 5.32 Å². The van der Waals surface area contributed by atoms with Crippen LogP contribution in [-0.2, 0) is 11.3 Å². The molecule has 2 aromatic rings. The SMILES string of the molecule is O=C(OCc1ccc(F)cc1)N1CC[C@H](CNc2ccncn2)C(F)(F)C1. The average Bonchev–Trinajstić information content (AvgIpc) is 2.66. The zero-order chi connectivity index (χ0) is 19.3. The van der Waals surface area contributed by atoms with Crippen LogP contribution in [0.25, 0.3) is 0 Å². The smallest absolute Gasteiger partial charge is 0.410 e. The van der Waals surface area contributed by atoms with Gasteiger partial charge in [0.1, 0.15) is 24.6 Å². The molecule has 1 amide bonds. The standard InChI is InChI=1S/C18H19F3N4O2/c19-15-3-1-13(2-4-15)10-27-17(26)25-8-6-14(18(20,21)11-25)9-23-16-5-7-22-12-24-16/h1-5,7,12,14H,6,8-11H2,(H,22,23,24)/t14-/m1/s1. The molecule has 144 valence electrons. The number of nitrogens with one attached hydrogen (secondary N) is 1. The molecule has 0 aliphatic carbocycles. The summed E-state index contributed by atoms with van der Waals surface area (Å²) in [4.78, 5) is 20.8. The number of nitrogens with zero attached hydrogens (tertiary/aromatic N) is 3. The summed E-state index contributed by atoms with van der Waals surface area (Å²) in [6.07, 6.45) is 2.19. The van der Waals surface area contributed by atoms with Crippen LogP contribution in [0.15, 0.2) is 42.9 Å². The first-order chi connectivity index (χ1) is 12.9. The highest BCUT2D eigenvalue weighted by molar-refractivity contribution is 5.68. The Morgan fingerprint density at radius 2 is 2.07 bits per heavy atom. The molecule has 0 spiro atoms. The molecule has 1 aliphatic heterocycles. The molecular formula is C18H19F3N4O2. The van der Waals surface area contributed by atoms with Gasteiger partial charge in [0.25, 0.3) is 5.92 Å². The van der Waals surface area contributed by atoms with Gasteiger partial charge in [0, 0.05) is 25.2 Å². The Hall–Kier alpha value is -2.84. The molecule has 0 radical (unpaired) electrons. The second-order valence-corrected chi connectivity index (χ2v) is 6.32. The van der Waals surface area contributed by atoms with Gasteiger partial charge in [-0.25, -0.2) is 27.9 Å². The Labute approximate surface area is 154 Å². The van der Waals surface area contributed by atoms with Crippen molar-refractivity contribution in [3.05, 3.63) is 54.2 Å². The summed E-state index contributed by atoms with van der Waals surface area (Å²) in [5, 5.41) is 2.87. The zero-order valence-corrected chi connectivity index (χ0v) is 14.4. The molecule has 1 atom stereocenters. The number of ether oxygens (including phenoxy) is 1. The first kappa shape index (κ1) is 18.9. The van der Waals surface area contributed by atoms with Gasteiger partial charge in [-0.2, -0.15) is 0 Å². The maximum absolute atomic E-state index is 14.4. The lowest BCUT2D eigenvalue weighted by Crippen LogP contribution is -2.52. The Kier molecular flexibility index (Phi) is 5.78. The summed E-state index contributed by atoms with van der Waals surface area (Å²) in [7, 11) is 0.